The monoisotopic (exact) mass is 702 g/mol. The van der Waals surface area contributed by atoms with E-state index in [1.165, 1.54) is 55.3 Å². The van der Waals surface area contributed by atoms with E-state index in [-0.39, 0.29) is 0 Å². The summed E-state index contributed by atoms with van der Waals surface area (Å²) in [6.45, 7) is 4.01. The Morgan fingerprint density at radius 3 is 1.75 bits per heavy atom. The number of aliphatic imine (C=N–C) groups is 2. The molecule has 0 aliphatic heterocycles. The molecule has 2 aliphatic rings. The summed E-state index contributed by atoms with van der Waals surface area (Å²) in [6.07, 6.45) is 0.927. The normalized spacial score (nSPS) is 16.2. The van der Waals surface area contributed by atoms with E-state index in [1.54, 1.807) is 0 Å². The van der Waals surface area contributed by atoms with Gasteiger partial charge in [-0.1, -0.05) is 200 Å². The molecule has 0 bridgehead atoms. The average Bonchev–Trinajstić information content (AvgIpc) is 3.73. The largest absolute Gasteiger partial charge is 0.245 e. The van der Waals surface area contributed by atoms with Crippen molar-refractivity contribution in [3.05, 3.63) is 250 Å². The van der Waals surface area contributed by atoms with Crippen LogP contribution in [-0.4, -0.2) is 12.6 Å². The predicted octanol–water partition coefficient (Wildman–Crippen LogP) is 12.6. The Morgan fingerprint density at radius 2 is 1.04 bits per heavy atom. The van der Waals surface area contributed by atoms with Crippen LogP contribution >= 0.6 is 0 Å². The van der Waals surface area contributed by atoms with Crippen LogP contribution in [0.4, 0.5) is 0 Å². The molecule has 55 heavy (non-hydrogen) atoms. The van der Waals surface area contributed by atoms with Gasteiger partial charge in [-0.15, -0.1) is 0 Å². The zero-order valence-corrected chi connectivity index (χ0v) is 30.4. The first-order valence-electron chi connectivity index (χ1n) is 19.0. The maximum absolute atomic E-state index is 5.51. The number of fused-ring (bicyclic) bond motifs is 5. The lowest BCUT2D eigenvalue weighted by atomic mass is 9.65. The number of rotatable bonds is 7. The average molecular weight is 703 g/mol. The number of allylic oxidation sites excluding steroid dienone is 1. The second-order valence-corrected chi connectivity index (χ2v) is 14.5. The molecule has 260 valence electrons. The highest BCUT2D eigenvalue weighted by Gasteiger charge is 2.49. The number of amidine groups is 1. The summed E-state index contributed by atoms with van der Waals surface area (Å²) < 4.78 is 0. The SMILES string of the molecule is C=NC(=NC1=C(c2cccc3ccccc23)C(c2ccccc2)(c2ccc(CC3c4ccccc4-c4ccccc43)cc2)c2ccccc21)c1ccccc1. The van der Waals surface area contributed by atoms with Crippen LogP contribution in [0.1, 0.15) is 56.0 Å². The van der Waals surface area contributed by atoms with Crippen molar-refractivity contribution in [3.8, 4) is 11.1 Å². The first kappa shape index (κ1) is 32.7. The highest BCUT2D eigenvalue weighted by molar-refractivity contribution is 6.14. The van der Waals surface area contributed by atoms with Crippen LogP contribution in [0.2, 0.25) is 0 Å². The predicted molar refractivity (Wildman–Crippen MR) is 230 cm³/mol. The van der Waals surface area contributed by atoms with Crippen molar-refractivity contribution in [3.63, 3.8) is 0 Å². The van der Waals surface area contributed by atoms with E-state index in [1.807, 2.05) is 18.2 Å². The molecule has 1 atom stereocenters. The molecule has 0 spiro atoms. The van der Waals surface area contributed by atoms with Gasteiger partial charge in [0.1, 0.15) is 0 Å². The lowest BCUT2D eigenvalue weighted by Crippen LogP contribution is -2.29. The molecule has 0 heterocycles. The second-order valence-electron chi connectivity index (χ2n) is 14.5. The van der Waals surface area contributed by atoms with Crippen molar-refractivity contribution >= 4 is 34.6 Å². The van der Waals surface area contributed by atoms with Crippen molar-refractivity contribution < 1.29 is 0 Å². The van der Waals surface area contributed by atoms with Crippen molar-refractivity contribution in [2.75, 3.05) is 0 Å². The molecule has 8 aromatic carbocycles. The van der Waals surface area contributed by atoms with Gasteiger partial charge in [-0.25, -0.2) is 9.98 Å². The summed E-state index contributed by atoms with van der Waals surface area (Å²) in [4.78, 5) is 10.0. The quantitative estimate of drug-likeness (QED) is 0.117. The smallest absolute Gasteiger partial charge is 0.159 e. The Hall–Kier alpha value is -6.90. The maximum Gasteiger partial charge on any atom is 0.159 e. The lowest BCUT2D eigenvalue weighted by Gasteiger charge is -2.36. The summed E-state index contributed by atoms with van der Waals surface area (Å²) >= 11 is 0. The topological polar surface area (TPSA) is 24.7 Å². The fourth-order valence-electron chi connectivity index (χ4n) is 9.30. The van der Waals surface area contributed by atoms with Gasteiger partial charge >= 0.3 is 0 Å². The molecular formula is C53H38N2. The van der Waals surface area contributed by atoms with E-state index in [0.717, 1.165) is 34.4 Å². The molecular weight excluding hydrogens is 665 g/mol. The fourth-order valence-corrected chi connectivity index (χ4v) is 9.30. The second kappa shape index (κ2) is 13.5. The van der Waals surface area contributed by atoms with E-state index in [9.17, 15) is 0 Å². The number of benzene rings is 8. The third-order valence-corrected chi connectivity index (χ3v) is 11.7. The third-order valence-electron chi connectivity index (χ3n) is 11.7. The summed E-state index contributed by atoms with van der Waals surface area (Å²) in [6, 6.07) is 72.5. The highest BCUT2D eigenvalue weighted by atomic mass is 14.9. The molecule has 0 aromatic heterocycles. The van der Waals surface area contributed by atoms with Crippen LogP contribution in [-0.2, 0) is 11.8 Å². The Labute approximate surface area is 322 Å². The van der Waals surface area contributed by atoms with Gasteiger partial charge in [0.2, 0.25) is 0 Å². The third kappa shape index (κ3) is 5.25. The summed E-state index contributed by atoms with van der Waals surface area (Å²) in [7, 11) is 0. The van der Waals surface area contributed by atoms with E-state index < -0.39 is 5.41 Å². The minimum atomic E-state index is -0.686. The zero-order chi connectivity index (χ0) is 36.8. The summed E-state index contributed by atoms with van der Waals surface area (Å²) in [5.41, 5.74) is 15.0. The fraction of sp³-hybridized carbons (Fsp3) is 0.0566. The Bertz CT molecular complexity index is 2740. The first-order chi connectivity index (χ1) is 27.3. The Morgan fingerprint density at radius 1 is 0.491 bits per heavy atom. The molecule has 0 amide bonds. The molecule has 10 rings (SSSR count). The zero-order valence-electron chi connectivity index (χ0n) is 30.4. The Balaban J connectivity index is 1.23. The van der Waals surface area contributed by atoms with Crippen LogP contribution in [0.25, 0.3) is 33.2 Å². The molecule has 1 unspecified atom stereocenters. The highest BCUT2D eigenvalue weighted by Crippen LogP contribution is 2.59. The lowest BCUT2D eigenvalue weighted by molar-refractivity contribution is 0.804. The molecule has 0 saturated heterocycles. The van der Waals surface area contributed by atoms with Crippen molar-refractivity contribution in [2.24, 2.45) is 9.98 Å². The number of nitrogens with zero attached hydrogens (tertiary/aromatic N) is 2. The molecule has 0 N–H and O–H groups in total. The standard InChI is InChI=1S/C53H38N2/c1-54-52(38-18-4-2-5-19-38)55-51-47-28-14-15-30-49(47)53(39-21-6-3-7-22-39,50(51)46-29-16-20-37-17-8-9-23-41(37)46)40-33-31-36(32-34-40)35-48-44-26-12-10-24-42(44)43-25-11-13-27-45(43)48/h2-34,48H,1,35H2. The molecule has 0 fully saturated rings. The molecule has 2 aliphatic carbocycles. The van der Waals surface area contributed by atoms with Gasteiger partial charge in [0, 0.05) is 22.6 Å². The first-order valence-corrected chi connectivity index (χ1v) is 19.0. The summed E-state index contributed by atoms with van der Waals surface area (Å²) in [5, 5.41) is 2.37. The Kier molecular flexibility index (Phi) is 8.03. The maximum atomic E-state index is 5.51. The van der Waals surface area contributed by atoms with E-state index >= 15 is 0 Å². The van der Waals surface area contributed by atoms with Gasteiger partial charge in [-0.2, -0.15) is 0 Å². The van der Waals surface area contributed by atoms with Crippen LogP contribution in [0.15, 0.2) is 210 Å². The number of hydrogen-bond acceptors (Lipinski definition) is 1. The van der Waals surface area contributed by atoms with E-state index in [0.29, 0.717) is 11.8 Å². The van der Waals surface area contributed by atoms with E-state index in [2.05, 4.69) is 194 Å². The molecule has 8 aromatic rings. The molecule has 2 heteroatoms. The van der Waals surface area contributed by atoms with Gasteiger partial charge < -0.3 is 0 Å². The molecule has 0 saturated carbocycles. The molecule has 0 radical (unpaired) electrons. The van der Waals surface area contributed by atoms with Crippen LogP contribution in [0.3, 0.4) is 0 Å². The van der Waals surface area contributed by atoms with Gasteiger partial charge in [0.25, 0.3) is 0 Å². The van der Waals surface area contributed by atoms with Crippen molar-refractivity contribution in [1.29, 1.82) is 0 Å². The van der Waals surface area contributed by atoms with Gasteiger partial charge in [0.05, 0.1) is 11.1 Å². The minimum absolute atomic E-state index is 0.309. The minimum Gasteiger partial charge on any atom is -0.245 e. The van der Waals surface area contributed by atoms with E-state index in [4.69, 9.17) is 4.99 Å². The van der Waals surface area contributed by atoms with Crippen LogP contribution in [0.5, 0.6) is 0 Å². The van der Waals surface area contributed by atoms with Crippen molar-refractivity contribution in [2.45, 2.75) is 17.8 Å². The van der Waals surface area contributed by atoms with Gasteiger partial charge in [-0.05, 0) is 74.0 Å². The number of hydrogen-bond donors (Lipinski definition) is 0. The van der Waals surface area contributed by atoms with Gasteiger partial charge in [0.15, 0.2) is 5.84 Å². The molecule has 2 nitrogen and oxygen atoms in total. The van der Waals surface area contributed by atoms with Crippen molar-refractivity contribution in [1.82, 2.24) is 0 Å². The van der Waals surface area contributed by atoms with Crippen LogP contribution in [0, 0.1) is 0 Å². The summed E-state index contributed by atoms with van der Waals surface area (Å²) in [5.74, 6) is 0.905. The van der Waals surface area contributed by atoms with Crippen LogP contribution < -0.4 is 0 Å². The van der Waals surface area contributed by atoms with Gasteiger partial charge in [-0.3, -0.25) is 0 Å².